The number of benzene rings is 3. The molecule has 0 spiro atoms. The van der Waals surface area contributed by atoms with Crippen LogP contribution in [-0.4, -0.2) is 40.8 Å². The number of carbonyl (C=O) groups excluding carboxylic acids is 2. The Morgan fingerprint density at radius 2 is 1.60 bits per heavy atom. The van der Waals surface area contributed by atoms with Crippen molar-refractivity contribution in [2.45, 2.75) is 32.0 Å². The van der Waals surface area contributed by atoms with E-state index < -0.39 is 23.7 Å². The molecule has 0 bridgehead atoms. The summed E-state index contributed by atoms with van der Waals surface area (Å²) in [6.07, 6.45) is 1.33. The lowest BCUT2D eigenvalue weighted by Crippen LogP contribution is -2.40. The van der Waals surface area contributed by atoms with Crippen LogP contribution in [0.3, 0.4) is 0 Å². The van der Waals surface area contributed by atoms with Gasteiger partial charge in [-0.2, -0.15) is 18.3 Å². The summed E-state index contributed by atoms with van der Waals surface area (Å²) in [6.45, 7) is 1.73. The molecule has 3 aromatic carbocycles. The molecule has 0 radical (unpaired) electrons. The van der Waals surface area contributed by atoms with Crippen molar-refractivity contribution in [3.8, 4) is 17.2 Å². The Balaban J connectivity index is 1.75. The number of ether oxygens (including phenoxy) is 1. The lowest BCUT2D eigenvalue weighted by atomic mass is 10.0. The quantitative estimate of drug-likeness (QED) is 0.140. The molecule has 0 heterocycles. The van der Waals surface area contributed by atoms with Crippen LogP contribution in [0.2, 0.25) is 0 Å². The molecule has 0 aliphatic rings. The highest BCUT2D eigenvalue weighted by Gasteiger charge is 2.30. The van der Waals surface area contributed by atoms with Crippen molar-refractivity contribution in [2.24, 2.45) is 10.8 Å². The number of aryl methyl sites for hydroxylation is 1. The van der Waals surface area contributed by atoms with Gasteiger partial charge in [-0.15, -0.1) is 0 Å². The third-order valence-corrected chi connectivity index (χ3v) is 6.09. The van der Waals surface area contributed by atoms with Gasteiger partial charge in [0, 0.05) is 0 Å². The maximum atomic E-state index is 12.8. The number of methoxy groups -OCH3 is 1. The summed E-state index contributed by atoms with van der Waals surface area (Å²) in [6, 6.07) is 12.7. The number of hydrazone groups is 1. The zero-order valence-electron chi connectivity index (χ0n) is 22.9. The third kappa shape index (κ3) is 9.34. The maximum absolute atomic E-state index is 12.8. The van der Waals surface area contributed by atoms with E-state index in [1.165, 1.54) is 43.5 Å². The van der Waals surface area contributed by atoms with Gasteiger partial charge in [-0.05, 0) is 84.1 Å². The van der Waals surface area contributed by atoms with Gasteiger partial charge >= 0.3 is 6.18 Å². The number of rotatable bonds is 11. The monoisotopic (exact) mass is 581 g/mol. The van der Waals surface area contributed by atoms with Crippen molar-refractivity contribution in [1.82, 2.24) is 5.43 Å². The van der Waals surface area contributed by atoms with Crippen molar-refractivity contribution >= 4 is 29.6 Å². The van der Waals surface area contributed by atoms with Gasteiger partial charge in [-0.25, -0.2) is 5.43 Å². The molecular formula is C31H30F3N3O5. The number of nitrogens with zero attached hydrogens (tertiary/aromatic N) is 1. The number of amides is 1. The van der Waals surface area contributed by atoms with Gasteiger partial charge < -0.3 is 20.7 Å². The zero-order valence-corrected chi connectivity index (χ0v) is 22.9. The second-order valence-electron chi connectivity index (χ2n) is 9.37. The first kappa shape index (κ1) is 31.6. The normalized spacial score (nSPS) is 13.0. The van der Waals surface area contributed by atoms with Crippen molar-refractivity contribution in [1.29, 1.82) is 0 Å². The number of halogens is 3. The zero-order chi connectivity index (χ0) is 30.9. The van der Waals surface area contributed by atoms with Gasteiger partial charge in [0.2, 0.25) is 0 Å². The minimum atomic E-state index is -4.47. The number of allylic oxidation sites excluding steroid dienone is 2. The fraction of sp³-hybridized carbons (Fsp3) is 0.194. The molecule has 0 unspecified atom stereocenters. The molecule has 1 atom stereocenters. The Kier molecular flexibility index (Phi) is 10.6. The Bertz CT molecular complexity index is 1510. The highest BCUT2D eigenvalue weighted by molar-refractivity contribution is 6.13. The van der Waals surface area contributed by atoms with E-state index in [0.29, 0.717) is 22.3 Å². The molecule has 3 rings (SSSR count). The summed E-state index contributed by atoms with van der Waals surface area (Å²) in [5.41, 5.74) is 10.0. The van der Waals surface area contributed by atoms with E-state index in [0.717, 1.165) is 12.1 Å². The van der Waals surface area contributed by atoms with E-state index in [1.54, 1.807) is 43.3 Å². The second kappa shape index (κ2) is 14.1. The van der Waals surface area contributed by atoms with Crippen LogP contribution in [-0.2, 0) is 22.2 Å². The van der Waals surface area contributed by atoms with E-state index in [2.05, 4.69) is 10.5 Å². The summed E-state index contributed by atoms with van der Waals surface area (Å²) in [7, 11) is 1.40. The van der Waals surface area contributed by atoms with Gasteiger partial charge in [0.25, 0.3) is 5.91 Å². The van der Waals surface area contributed by atoms with Crippen LogP contribution in [0.15, 0.2) is 77.9 Å². The number of ketones is 1. The lowest BCUT2D eigenvalue weighted by Gasteiger charge is -2.12. The molecule has 0 aromatic heterocycles. The lowest BCUT2D eigenvalue weighted by molar-refractivity contribution is -0.137. The molecule has 0 saturated carbocycles. The van der Waals surface area contributed by atoms with E-state index in [1.807, 2.05) is 0 Å². The van der Waals surface area contributed by atoms with Gasteiger partial charge in [0.15, 0.2) is 17.3 Å². The summed E-state index contributed by atoms with van der Waals surface area (Å²) in [4.78, 5) is 25.3. The number of phenolic OH excluding ortho intramolecular Hbond substituents is 2. The average molecular weight is 582 g/mol. The van der Waals surface area contributed by atoms with Crippen LogP contribution >= 0.6 is 0 Å². The molecule has 1 amide bonds. The Morgan fingerprint density at radius 1 is 0.976 bits per heavy atom. The van der Waals surface area contributed by atoms with Crippen LogP contribution in [0.1, 0.15) is 34.2 Å². The Morgan fingerprint density at radius 3 is 2.21 bits per heavy atom. The fourth-order valence-corrected chi connectivity index (χ4v) is 3.72. The van der Waals surface area contributed by atoms with Gasteiger partial charge in [0.1, 0.15) is 5.75 Å². The standard InChI is InChI=1S/C31H30F3N3O5/c1-19-15-20(7-13-27(19)39)6-12-25(38)18-24(11-5-22-8-14-28(40)29(17-22)42-2)36-37-30(41)26(35)16-21-3-9-23(10-4-21)31(32,33)34/h3-15,17,26,39-40H,16,18,35H2,1-2H3,(H,37,41)/b11-5+,12-6+,36-24+/t26-/m1/s1. The van der Waals surface area contributed by atoms with E-state index >= 15 is 0 Å². The van der Waals surface area contributed by atoms with E-state index in [9.17, 15) is 33.0 Å². The number of aromatic hydroxyl groups is 2. The van der Waals surface area contributed by atoms with E-state index in [-0.39, 0.29) is 41.6 Å². The van der Waals surface area contributed by atoms with Crippen molar-refractivity contribution in [3.05, 3.63) is 101 Å². The minimum absolute atomic E-state index is 0.0360. The summed E-state index contributed by atoms with van der Waals surface area (Å²) >= 11 is 0. The Labute approximate surface area is 240 Å². The minimum Gasteiger partial charge on any atom is -0.508 e. The maximum Gasteiger partial charge on any atom is 0.416 e. The number of nitrogens with two attached hydrogens (primary N) is 1. The highest BCUT2D eigenvalue weighted by Crippen LogP contribution is 2.29. The van der Waals surface area contributed by atoms with E-state index in [4.69, 9.17) is 10.5 Å². The molecular weight excluding hydrogens is 551 g/mol. The molecule has 11 heteroatoms. The highest BCUT2D eigenvalue weighted by atomic mass is 19.4. The SMILES string of the molecule is COc1cc(/C=C/C(CC(=O)/C=C/c2ccc(O)c(C)c2)=N\NC(=O)[C@H](N)Cc2ccc(C(F)(F)F)cc2)ccc1O. The molecule has 42 heavy (non-hydrogen) atoms. The number of nitrogens with one attached hydrogen (secondary N) is 1. The third-order valence-electron chi connectivity index (χ3n) is 6.09. The first-order valence-corrected chi connectivity index (χ1v) is 12.7. The molecule has 0 saturated heterocycles. The predicted octanol–water partition coefficient (Wildman–Crippen LogP) is 5.16. The average Bonchev–Trinajstić information content (AvgIpc) is 2.95. The number of hydrogen-bond donors (Lipinski definition) is 4. The first-order valence-electron chi connectivity index (χ1n) is 12.7. The molecule has 3 aromatic rings. The summed E-state index contributed by atoms with van der Waals surface area (Å²) in [5, 5.41) is 23.6. The van der Waals surface area contributed by atoms with Crippen LogP contribution in [0.5, 0.6) is 17.2 Å². The molecule has 0 aliphatic carbocycles. The predicted molar refractivity (Wildman–Crippen MR) is 154 cm³/mol. The fourth-order valence-electron chi connectivity index (χ4n) is 3.72. The summed E-state index contributed by atoms with van der Waals surface area (Å²) in [5.74, 6) is -0.717. The number of hydrogen-bond acceptors (Lipinski definition) is 7. The molecule has 220 valence electrons. The van der Waals surface area contributed by atoms with Gasteiger partial charge in [-0.1, -0.05) is 36.4 Å². The molecule has 0 fully saturated rings. The van der Waals surface area contributed by atoms with Crippen molar-refractivity contribution < 1.29 is 37.7 Å². The molecule has 5 N–H and O–H groups in total. The number of alkyl halides is 3. The van der Waals surface area contributed by atoms with Crippen molar-refractivity contribution in [2.75, 3.05) is 7.11 Å². The second-order valence-corrected chi connectivity index (χ2v) is 9.37. The van der Waals surface area contributed by atoms with Crippen LogP contribution in [0, 0.1) is 6.92 Å². The van der Waals surface area contributed by atoms with Gasteiger partial charge in [0.05, 0.1) is 30.8 Å². The number of carbonyl (C=O) groups is 2. The van der Waals surface area contributed by atoms with Crippen molar-refractivity contribution in [3.63, 3.8) is 0 Å². The smallest absolute Gasteiger partial charge is 0.416 e. The van der Waals surface area contributed by atoms with Crippen LogP contribution < -0.4 is 15.9 Å². The Hall–Kier alpha value is -4.90. The van der Waals surface area contributed by atoms with Crippen LogP contribution in [0.25, 0.3) is 12.2 Å². The first-order chi connectivity index (χ1) is 19.8. The topological polar surface area (TPSA) is 134 Å². The number of phenols is 2. The summed E-state index contributed by atoms with van der Waals surface area (Å²) < 4.78 is 43.5. The van der Waals surface area contributed by atoms with Crippen LogP contribution in [0.4, 0.5) is 13.2 Å². The largest absolute Gasteiger partial charge is 0.508 e. The van der Waals surface area contributed by atoms with Gasteiger partial charge in [-0.3, -0.25) is 9.59 Å². The molecule has 0 aliphatic heterocycles. The molecule has 8 nitrogen and oxygen atoms in total.